The highest BCUT2D eigenvalue weighted by Gasteiger charge is 2.15. The second-order valence-electron chi connectivity index (χ2n) is 5.24. The van der Waals surface area contributed by atoms with Crippen molar-refractivity contribution in [2.45, 2.75) is 0 Å². The van der Waals surface area contributed by atoms with E-state index in [1.54, 1.807) is 0 Å². The molecule has 3 nitrogen and oxygen atoms in total. The second kappa shape index (κ2) is 7.73. The van der Waals surface area contributed by atoms with Crippen LogP contribution in [0.4, 0.5) is 10.1 Å². The van der Waals surface area contributed by atoms with Crippen molar-refractivity contribution in [3.05, 3.63) is 101 Å². The average molecular weight is 353 g/mol. The Morgan fingerprint density at radius 2 is 1.36 bits per heavy atom. The summed E-state index contributed by atoms with van der Waals surface area (Å²) in [5, 5.41) is 13.0. The van der Waals surface area contributed by atoms with Crippen molar-refractivity contribution >= 4 is 28.7 Å². The summed E-state index contributed by atoms with van der Waals surface area (Å²) in [5.41, 5.74) is 2.70. The summed E-state index contributed by atoms with van der Waals surface area (Å²) in [6.45, 7) is 0. The molecule has 0 saturated carbocycles. The standard InChI is InChI=1S/C20H14ClFN2O/c21-17-13-16(11-12-18(17)22)23-19(14-7-3-1-4-8-14)20(24-25)15-9-5-2-6-10-15/h1-13,25H/b23-19?,24-20+. The molecule has 0 aromatic heterocycles. The Balaban J connectivity index is 2.16. The number of benzene rings is 3. The molecule has 0 radical (unpaired) electrons. The van der Waals surface area contributed by atoms with E-state index in [-0.39, 0.29) is 5.02 Å². The first kappa shape index (κ1) is 16.9. The van der Waals surface area contributed by atoms with Crippen LogP contribution in [0, 0.1) is 5.82 Å². The molecule has 5 heteroatoms. The van der Waals surface area contributed by atoms with E-state index >= 15 is 0 Å². The van der Waals surface area contributed by atoms with Gasteiger partial charge >= 0.3 is 0 Å². The maximum absolute atomic E-state index is 13.4. The average Bonchev–Trinajstić information content (AvgIpc) is 2.66. The lowest BCUT2D eigenvalue weighted by atomic mass is 9.99. The van der Waals surface area contributed by atoms with Crippen LogP contribution in [0.25, 0.3) is 0 Å². The summed E-state index contributed by atoms with van der Waals surface area (Å²) in [6, 6.07) is 22.7. The van der Waals surface area contributed by atoms with E-state index in [0.29, 0.717) is 22.7 Å². The highest BCUT2D eigenvalue weighted by Crippen LogP contribution is 2.23. The molecule has 0 aliphatic heterocycles. The summed E-state index contributed by atoms with van der Waals surface area (Å²) in [6.07, 6.45) is 0. The van der Waals surface area contributed by atoms with Crippen LogP contribution < -0.4 is 0 Å². The molecule has 25 heavy (non-hydrogen) atoms. The van der Waals surface area contributed by atoms with Gasteiger partial charge in [0.25, 0.3) is 0 Å². The number of halogens is 2. The summed E-state index contributed by atoms with van der Waals surface area (Å²) in [7, 11) is 0. The van der Waals surface area contributed by atoms with Gasteiger partial charge in [0.1, 0.15) is 17.2 Å². The summed E-state index contributed by atoms with van der Waals surface area (Å²) >= 11 is 5.85. The lowest BCUT2D eigenvalue weighted by molar-refractivity contribution is 0.320. The van der Waals surface area contributed by atoms with Crippen LogP contribution in [0.5, 0.6) is 0 Å². The van der Waals surface area contributed by atoms with E-state index in [2.05, 4.69) is 10.1 Å². The van der Waals surface area contributed by atoms with Crippen molar-refractivity contribution in [1.82, 2.24) is 0 Å². The SMILES string of the molecule is O/N=C(/C(=Nc1ccc(F)c(Cl)c1)c1ccccc1)c1ccccc1. The Kier molecular flexibility index (Phi) is 5.21. The summed E-state index contributed by atoms with van der Waals surface area (Å²) in [5.74, 6) is -0.513. The van der Waals surface area contributed by atoms with E-state index in [0.717, 1.165) is 5.56 Å². The second-order valence-corrected chi connectivity index (χ2v) is 5.65. The molecule has 0 bridgehead atoms. The van der Waals surface area contributed by atoms with Crippen LogP contribution in [0.3, 0.4) is 0 Å². The summed E-state index contributed by atoms with van der Waals surface area (Å²) < 4.78 is 13.4. The van der Waals surface area contributed by atoms with E-state index in [4.69, 9.17) is 11.6 Å². The lowest BCUT2D eigenvalue weighted by Gasteiger charge is -2.10. The number of hydrogen-bond donors (Lipinski definition) is 1. The van der Waals surface area contributed by atoms with Crippen molar-refractivity contribution in [3.8, 4) is 0 Å². The lowest BCUT2D eigenvalue weighted by Crippen LogP contribution is -2.17. The Morgan fingerprint density at radius 3 is 1.88 bits per heavy atom. The predicted octanol–water partition coefficient (Wildman–Crippen LogP) is 5.48. The number of oxime groups is 1. The van der Waals surface area contributed by atoms with Gasteiger partial charge in [-0.3, -0.25) is 0 Å². The molecular formula is C20H14ClFN2O. The molecule has 0 aliphatic rings. The zero-order chi connectivity index (χ0) is 17.6. The molecule has 0 atom stereocenters. The highest BCUT2D eigenvalue weighted by atomic mass is 35.5. The number of aliphatic imine (C=N–C) groups is 1. The Labute approximate surface area is 149 Å². The first-order chi connectivity index (χ1) is 12.2. The molecule has 0 amide bonds. The van der Waals surface area contributed by atoms with Crippen LogP contribution in [0.1, 0.15) is 11.1 Å². The minimum Gasteiger partial charge on any atom is -0.410 e. The fraction of sp³-hybridized carbons (Fsp3) is 0. The van der Waals surface area contributed by atoms with Crippen molar-refractivity contribution in [2.75, 3.05) is 0 Å². The number of nitrogens with zero attached hydrogens (tertiary/aromatic N) is 2. The Hall–Kier alpha value is -2.98. The van der Waals surface area contributed by atoms with Crippen LogP contribution in [-0.4, -0.2) is 16.6 Å². The zero-order valence-corrected chi connectivity index (χ0v) is 13.9. The van der Waals surface area contributed by atoms with Gasteiger partial charge in [0.2, 0.25) is 0 Å². The Bertz CT molecular complexity index is 925. The quantitative estimate of drug-likeness (QED) is 0.377. The fourth-order valence-electron chi connectivity index (χ4n) is 2.37. The van der Waals surface area contributed by atoms with Crippen molar-refractivity contribution < 1.29 is 9.60 Å². The van der Waals surface area contributed by atoms with Crippen LogP contribution in [0.2, 0.25) is 5.02 Å². The molecule has 0 fully saturated rings. The van der Waals surface area contributed by atoms with Gasteiger partial charge in [0, 0.05) is 11.1 Å². The van der Waals surface area contributed by atoms with E-state index in [1.807, 2.05) is 60.7 Å². The number of hydrogen-bond acceptors (Lipinski definition) is 3. The van der Waals surface area contributed by atoms with E-state index in [1.165, 1.54) is 18.2 Å². The minimum atomic E-state index is -0.513. The van der Waals surface area contributed by atoms with Crippen LogP contribution >= 0.6 is 11.6 Å². The minimum absolute atomic E-state index is 0.0177. The molecule has 0 unspecified atom stereocenters. The van der Waals surface area contributed by atoms with Gasteiger partial charge in [-0.05, 0) is 18.2 Å². The van der Waals surface area contributed by atoms with Crippen molar-refractivity contribution in [2.24, 2.45) is 10.1 Å². The fourth-order valence-corrected chi connectivity index (χ4v) is 2.55. The monoisotopic (exact) mass is 352 g/mol. The maximum atomic E-state index is 13.4. The van der Waals surface area contributed by atoms with Gasteiger partial charge in [-0.2, -0.15) is 0 Å². The van der Waals surface area contributed by atoms with E-state index in [9.17, 15) is 9.60 Å². The molecule has 124 valence electrons. The van der Waals surface area contributed by atoms with E-state index < -0.39 is 5.82 Å². The number of rotatable bonds is 4. The Morgan fingerprint density at radius 1 is 0.800 bits per heavy atom. The first-order valence-corrected chi connectivity index (χ1v) is 7.94. The van der Waals surface area contributed by atoms with Crippen molar-refractivity contribution in [3.63, 3.8) is 0 Å². The van der Waals surface area contributed by atoms with Gasteiger partial charge in [-0.1, -0.05) is 77.4 Å². The predicted molar refractivity (Wildman–Crippen MR) is 98.8 cm³/mol. The van der Waals surface area contributed by atoms with Crippen molar-refractivity contribution in [1.29, 1.82) is 0 Å². The molecule has 3 rings (SSSR count). The molecule has 0 spiro atoms. The van der Waals surface area contributed by atoms with Crippen LogP contribution in [-0.2, 0) is 0 Å². The van der Waals surface area contributed by atoms with Gasteiger partial charge < -0.3 is 5.21 Å². The van der Waals surface area contributed by atoms with Crippen LogP contribution in [0.15, 0.2) is 89.0 Å². The first-order valence-electron chi connectivity index (χ1n) is 7.56. The highest BCUT2D eigenvalue weighted by molar-refractivity contribution is 6.53. The van der Waals surface area contributed by atoms with Gasteiger partial charge in [0.15, 0.2) is 0 Å². The molecule has 1 N–H and O–H groups in total. The molecule has 3 aromatic carbocycles. The molecule has 3 aromatic rings. The topological polar surface area (TPSA) is 45.0 Å². The zero-order valence-electron chi connectivity index (χ0n) is 13.1. The molecule has 0 aliphatic carbocycles. The third-order valence-electron chi connectivity index (χ3n) is 3.56. The third-order valence-corrected chi connectivity index (χ3v) is 3.85. The van der Waals surface area contributed by atoms with Gasteiger partial charge in [0.05, 0.1) is 10.7 Å². The van der Waals surface area contributed by atoms with Gasteiger partial charge in [-0.25, -0.2) is 9.38 Å². The normalized spacial score (nSPS) is 12.2. The largest absolute Gasteiger partial charge is 0.410 e. The molecular weight excluding hydrogens is 339 g/mol. The smallest absolute Gasteiger partial charge is 0.141 e. The maximum Gasteiger partial charge on any atom is 0.141 e. The third kappa shape index (κ3) is 3.92. The van der Waals surface area contributed by atoms with Gasteiger partial charge in [-0.15, -0.1) is 0 Å². The summed E-state index contributed by atoms with van der Waals surface area (Å²) in [4.78, 5) is 4.55. The molecule has 0 saturated heterocycles. The molecule has 0 heterocycles.